The summed E-state index contributed by atoms with van der Waals surface area (Å²) in [6.07, 6.45) is 16.2. The van der Waals surface area contributed by atoms with Crippen molar-refractivity contribution in [3.05, 3.63) is 22.0 Å². The van der Waals surface area contributed by atoms with Gasteiger partial charge in [0, 0.05) is 10.8 Å². The molecule has 0 radical (unpaired) electrons. The SMILES string of the molecule is O=S1(=O)C=C(C23CC4CC(CC(C4)C2)C3)C(C23CC4CC(CC(C4)C2)C3)=C1. The first-order chi connectivity index (χ1) is 12.9. The third-order valence-corrected chi connectivity index (χ3v) is 11.2. The van der Waals surface area contributed by atoms with Crippen LogP contribution in [0.15, 0.2) is 22.0 Å². The predicted molar refractivity (Wildman–Crippen MR) is 106 cm³/mol. The van der Waals surface area contributed by atoms with Gasteiger partial charge in [-0.15, -0.1) is 0 Å². The molecule has 8 saturated carbocycles. The Morgan fingerprint density at radius 3 is 1.07 bits per heavy atom. The van der Waals surface area contributed by atoms with Crippen molar-refractivity contribution in [3.63, 3.8) is 0 Å². The molecule has 27 heavy (non-hydrogen) atoms. The molecule has 9 aliphatic rings. The Labute approximate surface area is 163 Å². The van der Waals surface area contributed by atoms with Gasteiger partial charge in [-0.2, -0.15) is 0 Å². The highest BCUT2D eigenvalue weighted by molar-refractivity contribution is 7.97. The minimum Gasteiger partial charge on any atom is -0.220 e. The van der Waals surface area contributed by atoms with Crippen molar-refractivity contribution in [2.75, 3.05) is 0 Å². The van der Waals surface area contributed by atoms with Crippen LogP contribution in [0.5, 0.6) is 0 Å². The number of allylic oxidation sites excluding steroid dienone is 2. The van der Waals surface area contributed by atoms with Crippen molar-refractivity contribution >= 4 is 9.84 Å². The number of hydrogen-bond donors (Lipinski definition) is 0. The zero-order valence-corrected chi connectivity index (χ0v) is 17.1. The fourth-order valence-electron chi connectivity index (χ4n) is 10.2. The summed E-state index contributed by atoms with van der Waals surface area (Å²) < 4.78 is 25.8. The Balaban J connectivity index is 1.34. The lowest BCUT2D eigenvalue weighted by Gasteiger charge is -2.61. The Bertz CT molecular complexity index is 737. The van der Waals surface area contributed by atoms with Gasteiger partial charge in [0.2, 0.25) is 0 Å². The standard InChI is InChI=1S/C24H32O2S/c25-27(26)13-21(23-7-15-1-16(8-23)3-17(2-15)9-23)22(14-27)24-10-18-4-19(11-24)6-20(5-18)12-24/h13-20H,1-12H2. The molecule has 0 aromatic heterocycles. The molecule has 3 heteroatoms. The monoisotopic (exact) mass is 384 g/mol. The second kappa shape index (κ2) is 4.94. The molecule has 2 nitrogen and oxygen atoms in total. The molecular weight excluding hydrogens is 352 g/mol. The molecule has 8 fully saturated rings. The lowest BCUT2D eigenvalue weighted by atomic mass is 9.43. The van der Waals surface area contributed by atoms with Gasteiger partial charge in [-0.3, -0.25) is 0 Å². The van der Waals surface area contributed by atoms with Crippen LogP contribution in [0.4, 0.5) is 0 Å². The van der Waals surface area contributed by atoms with E-state index in [1.165, 1.54) is 88.2 Å². The average Bonchev–Trinajstić information content (AvgIpc) is 2.90. The first-order valence-electron chi connectivity index (χ1n) is 11.6. The van der Waals surface area contributed by atoms with E-state index in [1.807, 2.05) is 0 Å². The largest absolute Gasteiger partial charge is 0.220 e. The van der Waals surface area contributed by atoms with Gasteiger partial charge in [0.05, 0.1) is 0 Å². The van der Waals surface area contributed by atoms with Crippen LogP contribution >= 0.6 is 0 Å². The molecule has 0 saturated heterocycles. The maximum atomic E-state index is 12.9. The second-order valence-electron chi connectivity index (χ2n) is 12.0. The van der Waals surface area contributed by atoms with E-state index in [0.29, 0.717) is 0 Å². The Morgan fingerprint density at radius 2 is 0.815 bits per heavy atom. The lowest BCUT2D eigenvalue weighted by molar-refractivity contribution is -0.0451. The van der Waals surface area contributed by atoms with Crippen LogP contribution in [0.25, 0.3) is 0 Å². The van der Waals surface area contributed by atoms with Crippen LogP contribution < -0.4 is 0 Å². The van der Waals surface area contributed by atoms with E-state index in [1.54, 1.807) is 10.8 Å². The summed E-state index contributed by atoms with van der Waals surface area (Å²) >= 11 is 0. The normalized spacial score (nSPS) is 56.4. The third-order valence-electron chi connectivity index (χ3n) is 10.1. The van der Waals surface area contributed by atoms with Crippen LogP contribution in [0.2, 0.25) is 0 Å². The zero-order valence-electron chi connectivity index (χ0n) is 16.3. The average molecular weight is 385 g/mol. The van der Waals surface area contributed by atoms with Crippen molar-refractivity contribution in [2.45, 2.75) is 77.0 Å². The van der Waals surface area contributed by atoms with Crippen LogP contribution in [0.1, 0.15) is 77.0 Å². The van der Waals surface area contributed by atoms with Gasteiger partial charge in [-0.1, -0.05) is 0 Å². The lowest BCUT2D eigenvalue weighted by Crippen LogP contribution is -2.50. The van der Waals surface area contributed by atoms with Crippen molar-refractivity contribution in [2.24, 2.45) is 46.3 Å². The summed E-state index contributed by atoms with van der Waals surface area (Å²) in [5.74, 6) is 5.24. The van der Waals surface area contributed by atoms with Gasteiger partial charge in [-0.25, -0.2) is 8.42 Å². The fraction of sp³-hybridized carbons (Fsp3) is 0.833. The molecule has 1 heterocycles. The van der Waals surface area contributed by atoms with Crippen molar-refractivity contribution in [1.29, 1.82) is 0 Å². The van der Waals surface area contributed by atoms with Gasteiger partial charge in [0.25, 0.3) is 0 Å². The molecule has 8 aliphatic carbocycles. The molecule has 0 atom stereocenters. The third kappa shape index (κ3) is 2.21. The maximum Gasteiger partial charge on any atom is 0.193 e. The van der Waals surface area contributed by atoms with Crippen LogP contribution in [-0.4, -0.2) is 8.42 Å². The van der Waals surface area contributed by atoms with Crippen molar-refractivity contribution in [1.82, 2.24) is 0 Å². The molecule has 0 aromatic rings. The van der Waals surface area contributed by atoms with Gasteiger partial charge in [-0.05, 0) is 135 Å². The van der Waals surface area contributed by atoms with E-state index in [2.05, 4.69) is 0 Å². The number of hydrogen-bond acceptors (Lipinski definition) is 2. The van der Waals surface area contributed by atoms with Crippen LogP contribution in [0, 0.1) is 46.3 Å². The van der Waals surface area contributed by atoms with E-state index >= 15 is 0 Å². The molecule has 146 valence electrons. The van der Waals surface area contributed by atoms with E-state index in [0.717, 1.165) is 35.5 Å². The minimum absolute atomic E-state index is 0.216. The molecule has 0 aromatic carbocycles. The summed E-state index contributed by atoms with van der Waals surface area (Å²) in [5.41, 5.74) is 3.10. The molecule has 0 N–H and O–H groups in total. The highest BCUT2D eigenvalue weighted by atomic mass is 32.2. The first-order valence-corrected chi connectivity index (χ1v) is 13.2. The summed E-state index contributed by atoms with van der Waals surface area (Å²) in [5, 5.41) is 3.54. The van der Waals surface area contributed by atoms with Gasteiger partial charge >= 0.3 is 0 Å². The summed E-state index contributed by atoms with van der Waals surface area (Å²) in [7, 11) is -3.16. The van der Waals surface area contributed by atoms with E-state index < -0.39 is 9.84 Å². The highest BCUT2D eigenvalue weighted by Gasteiger charge is 2.59. The molecule has 9 rings (SSSR count). The van der Waals surface area contributed by atoms with Gasteiger partial charge in [0.15, 0.2) is 9.84 Å². The summed E-state index contributed by atoms with van der Waals surface area (Å²) in [4.78, 5) is 0. The maximum absolute atomic E-state index is 12.9. The van der Waals surface area contributed by atoms with Gasteiger partial charge in [0.1, 0.15) is 0 Å². The number of sulfone groups is 1. The summed E-state index contributed by atoms with van der Waals surface area (Å²) in [6, 6.07) is 0. The Kier molecular flexibility index (Phi) is 2.97. The van der Waals surface area contributed by atoms with E-state index in [9.17, 15) is 8.42 Å². The molecular formula is C24H32O2S. The quantitative estimate of drug-likeness (QED) is 0.619. The van der Waals surface area contributed by atoms with Crippen molar-refractivity contribution in [3.8, 4) is 0 Å². The minimum atomic E-state index is -3.16. The van der Waals surface area contributed by atoms with E-state index in [4.69, 9.17) is 0 Å². The first kappa shape index (κ1) is 16.3. The summed E-state index contributed by atoms with van der Waals surface area (Å²) in [6.45, 7) is 0. The smallest absolute Gasteiger partial charge is 0.193 e. The zero-order chi connectivity index (χ0) is 18.0. The topological polar surface area (TPSA) is 34.1 Å². The van der Waals surface area contributed by atoms with Gasteiger partial charge < -0.3 is 0 Å². The predicted octanol–water partition coefficient (Wildman–Crippen LogP) is 5.62. The van der Waals surface area contributed by atoms with Crippen LogP contribution in [0.3, 0.4) is 0 Å². The Morgan fingerprint density at radius 1 is 0.556 bits per heavy atom. The van der Waals surface area contributed by atoms with Crippen LogP contribution in [-0.2, 0) is 9.84 Å². The highest BCUT2D eigenvalue weighted by Crippen LogP contribution is 2.69. The molecule has 0 spiro atoms. The van der Waals surface area contributed by atoms with Crippen molar-refractivity contribution < 1.29 is 8.42 Å². The molecule has 8 bridgehead atoms. The molecule has 1 aliphatic heterocycles. The number of rotatable bonds is 2. The second-order valence-corrected chi connectivity index (χ2v) is 13.7. The Hall–Kier alpha value is -0.570. The molecule has 0 unspecified atom stereocenters. The van der Waals surface area contributed by atoms with E-state index in [-0.39, 0.29) is 10.8 Å². The fourth-order valence-corrected chi connectivity index (χ4v) is 11.7. The molecule has 0 amide bonds.